The third-order valence-corrected chi connectivity index (χ3v) is 10.7. The summed E-state index contributed by atoms with van der Waals surface area (Å²) >= 11 is 0. The third-order valence-electron chi connectivity index (χ3n) is 10.7. The van der Waals surface area contributed by atoms with Gasteiger partial charge in [0.05, 0.1) is 23.5 Å². The van der Waals surface area contributed by atoms with Gasteiger partial charge in [-0.3, -0.25) is 0 Å². The van der Waals surface area contributed by atoms with Crippen LogP contribution in [0.1, 0.15) is 6.85 Å². The Bertz CT molecular complexity index is 3750. The number of para-hydroxylation sites is 3. The average molecular weight is 736 g/mol. The predicted molar refractivity (Wildman–Crippen MR) is 230 cm³/mol. The molecule has 0 bridgehead atoms. The standard InChI is InChI=1S/C51H30N4O2/c1-3-14-31(15-4-1)35-21-13-25-45-47(35)40-29-34(55-42-22-10-7-18-36(42)37-19-8-11-23-43(37)55)30-41(48(40)57-45)51-53-49(32-16-5-2-6-17-32)52-50(54-51)33-26-27-39-38-20-9-12-24-44(38)56-46(39)28-33/h1-30H/i2D,5D,6D,16D,17D. The van der Waals surface area contributed by atoms with Gasteiger partial charge in [-0.2, -0.15) is 0 Å². The smallest absolute Gasteiger partial charge is 0.167 e. The molecular formula is C51H30N4O2. The van der Waals surface area contributed by atoms with Crippen LogP contribution in [0, 0.1) is 0 Å². The highest BCUT2D eigenvalue weighted by atomic mass is 16.3. The molecule has 0 fully saturated rings. The first-order chi connectivity index (χ1) is 30.3. The normalized spacial score (nSPS) is 13.1. The van der Waals surface area contributed by atoms with E-state index in [0.717, 1.165) is 65.7 Å². The van der Waals surface area contributed by atoms with Gasteiger partial charge in [0, 0.05) is 49.1 Å². The fourth-order valence-electron chi connectivity index (χ4n) is 8.23. The second-order valence-corrected chi connectivity index (χ2v) is 14.0. The summed E-state index contributed by atoms with van der Waals surface area (Å²) in [6.07, 6.45) is 0. The summed E-state index contributed by atoms with van der Waals surface area (Å²) < 4.78 is 58.7. The van der Waals surface area contributed by atoms with E-state index >= 15 is 0 Å². The van der Waals surface area contributed by atoms with Crippen LogP contribution in [0.15, 0.2) is 191 Å². The van der Waals surface area contributed by atoms with Crippen LogP contribution in [-0.2, 0) is 0 Å². The number of benzene rings is 8. The largest absolute Gasteiger partial charge is 0.456 e. The van der Waals surface area contributed by atoms with E-state index in [0.29, 0.717) is 27.9 Å². The molecule has 4 heterocycles. The molecule has 0 unspecified atom stereocenters. The van der Waals surface area contributed by atoms with Gasteiger partial charge >= 0.3 is 0 Å². The Morgan fingerprint density at radius 3 is 1.86 bits per heavy atom. The molecule has 0 spiro atoms. The lowest BCUT2D eigenvalue weighted by Gasteiger charge is -2.13. The molecule has 6 heteroatoms. The van der Waals surface area contributed by atoms with E-state index in [2.05, 4.69) is 53.1 Å². The number of rotatable bonds is 5. The summed E-state index contributed by atoms with van der Waals surface area (Å²) in [7, 11) is 0. The molecule has 0 aliphatic carbocycles. The third kappa shape index (κ3) is 4.94. The van der Waals surface area contributed by atoms with Gasteiger partial charge in [0.25, 0.3) is 0 Å². The summed E-state index contributed by atoms with van der Waals surface area (Å²) in [4.78, 5) is 15.0. The Morgan fingerprint density at radius 2 is 1.07 bits per heavy atom. The maximum absolute atomic E-state index is 8.97. The fraction of sp³-hybridized carbons (Fsp3) is 0. The SMILES string of the molecule is [2H]c1c([2H])c([2H])c(-c2nc(-c3ccc4c(c3)oc3ccccc34)nc(-c3cc(-n4c5ccccc5c5ccccc54)cc4c3oc3cccc(-c5ccccc5)c34)n2)c([2H])c1[2H]. The van der Waals surface area contributed by atoms with Crippen LogP contribution in [0.2, 0.25) is 0 Å². The minimum atomic E-state index is -0.509. The Hall–Kier alpha value is -7.83. The van der Waals surface area contributed by atoms with Gasteiger partial charge in [0.2, 0.25) is 0 Å². The lowest BCUT2D eigenvalue weighted by molar-refractivity contribution is 0.668. The zero-order valence-electron chi connectivity index (χ0n) is 35.0. The Balaban J connectivity index is 1.21. The molecule has 0 atom stereocenters. The van der Waals surface area contributed by atoms with E-state index < -0.39 is 30.2 Å². The van der Waals surface area contributed by atoms with Gasteiger partial charge in [-0.1, -0.05) is 133 Å². The van der Waals surface area contributed by atoms with Crippen LogP contribution in [0.25, 0.3) is 117 Å². The lowest BCUT2D eigenvalue weighted by Crippen LogP contribution is -2.01. The van der Waals surface area contributed by atoms with Gasteiger partial charge in [0.15, 0.2) is 17.5 Å². The van der Waals surface area contributed by atoms with Crippen LogP contribution < -0.4 is 0 Å². The number of nitrogens with zero attached hydrogens (tertiary/aromatic N) is 4. The van der Waals surface area contributed by atoms with Crippen LogP contribution in [0.4, 0.5) is 0 Å². The quantitative estimate of drug-likeness (QED) is 0.176. The number of hydrogen-bond donors (Lipinski definition) is 0. The molecule has 6 nitrogen and oxygen atoms in total. The Labute approximate surface area is 332 Å². The maximum atomic E-state index is 8.97. The van der Waals surface area contributed by atoms with Crippen LogP contribution in [0.5, 0.6) is 0 Å². The number of aromatic nitrogens is 4. The van der Waals surface area contributed by atoms with Crippen molar-refractivity contribution in [2.75, 3.05) is 0 Å². The number of hydrogen-bond acceptors (Lipinski definition) is 5. The number of furan rings is 2. The zero-order valence-corrected chi connectivity index (χ0v) is 30.0. The van der Waals surface area contributed by atoms with Gasteiger partial charge in [-0.25, -0.2) is 15.0 Å². The fourth-order valence-corrected chi connectivity index (χ4v) is 8.23. The first kappa shape index (κ1) is 26.9. The summed E-state index contributed by atoms with van der Waals surface area (Å²) in [6, 6.07) is 48.1. The van der Waals surface area contributed by atoms with Crippen molar-refractivity contribution in [2.45, 2.75) is 0 Å². The maximum Gasteiger partial charge on any atom is 0.167 e. The van der Waals surface area contributed by atoms with Crippen molar-refractivity contribution >= 4 is 65.7 Å². The molecule has 57 heavy (non-hydrogen) atoms. The second kappa shape index (κ2) is 12.3. The van der Waals surface area contributed by atoms with Crippen molar-refractivity contribution < 1.29 is 15.7 Å². The molecular weight excluding hydrogens is 701 g/mol. The molecule has 0 N–H and O–H groups in total. The van der Waals surface area contributed by atoms with E-state index in [1.54, 1.807) is 0 Å². The minimum absolute atomic E-state index is 0.0804. The molecule has 8 aromatic carbocycles. The molecule has 0 saturated heterocycles. The van der Waals surface area contributed by atoms with Crippen LogP contribution in [0.3, 0.4) is 0 Å². The van der Waals surface area contributed by atoms with E-state index in [1.807, 2.05) is 103 Å². The topological polar surface area (TPSA) is 69.9 Å². The summed E-state index contributed by atoms with van der Waals surface area (Å²) in [6.45, 7) is 0. The molecule has 0 aliphatic heterocycles. The summed E-state index contributed by atoms with van der Waals surface area (Å²) in [5.41, 5.74) is 8.35. The van der Waals surface area contributed by atoms with Crippen molar-refractivity contribution in [2.24, 2.45) is 0 Å². The van der Waals surface area contributed by atoms with Gasteiger partial charge < -0.3 is 13.4 Å². The number of fused-ring (bicyclic) bond motifs is 9. The lowest BCUT2D eigenvalue weighted by atomic mass is 9.98. The van der Waals surface area contributed by atoms with E-state index in [4.69, 9.17) is 30.6 Å². The van der Waals surface area contributed by atoms with Gasteiger partial charge in [0.1, 0.15) is 22.3 Å². The highest BCUT2D eigenvalue weighted by molar-refractivity contribution is 6.17. The monoisotopic (exact) mass is 735 g/mol. The summed E-state index contributed by atoms with van der Waals surface area (Å²) in [5, 5.41) is 5.81. The van der Waals surface area contributed by atoms with Crippen molar-refractivity contribution in [3.8, 4) is 51.0 Å². The van der Waals surface area contributed by atoms with Crippen molar-refractivity contribution in [3.63, 3.8) is 0 Å². The zero-order chi connectivity index (χ0) is 41.8. The molecule has 0 aliphatic rings. The molecule has 4 aromatic heterocycles. The predicted octanol–water partition coefficient (Wildman–Crippen LogP) is 13.4. The van der Waals surface area contributed by atoms with Crippen LogP contribution in [-0.4, -0.2) is 19.5 Å². The minimum Gasteiger partial charge on any atom is -0.456 e. The van der Waals surface area contributed by atoms with Crippen molar-refractivity contribution in [3.05, 3.63) is 182 Å². The van der Waals surface area contributed by atoms with E-state index in [-0.39, 0.29) is 23.0 Å². The average Bonchev–Trinajstić information content (AvgIpc) is 3.99. The van der Waals surface area contributed by atoms with Crippen LogP contribution >= 0.6 is 0 Å². The van der Waals surface area contributed by atoms with Crippen molar-refractivity contribution in [1.82, 2.24) is 19.5 Å². The first-order valence-electron chi connectivity index (χ1n) is 21.1. The first-order valence-corrected chi connectivity index (χ1v) is 18.6. The van der Waals surface area contributed by atoms with Crippen molar-refractivity contribution in [1.29, 1.82) is 0 Å². The molecule has 12 aromatic rings. The Kier molecular flexibility index (Phi) is 5.82. The molecule has 12 rings (SSSR count). The second-order valence-electron chi connectivity index (χ2n) is 14.0. The highest BCUT2D eigenvalue weighted by Crippen LogP contribution is 2.43. The van der Waals surface area contributed by atoms with E-state index in [1.165, 1.54) is 0 Å². The molecule has 0 saturated carbocycles. The van der Waals surface area contributed by atoms with E-state index in [9.17, 15) is 0 Å². The van der Waals surface area contributed by atoms with Gasteiger partial charge in [-0.15, -0.1) is 0 Å². The Morgan fingerprint density at radius 1 is 0.421 bits per heavy atom. The summed E-state index contributed by atoms with van der Waals surface area (Å²) in [5.74, 6) is 0.327. The molecule has 266 valence electrons. The highest BCUT2D eigenvalue weighted by Gasteiger charge is 2.23. The molecule has 0 amide bonds. The van der Waals surface area contributed by atoms with Gasteiger partial charge in [-0.05, 0) is 59.7 Å². The molecule has 0 radical (unpaired) electrons.